The summed E-state index contributed by atoms with van der Waals surface area (Å²) >= 11 is 0. The fourth-order valence-electron chi connectivity index (χ4n) is 2.11. The van der Waals surface area contributed by atoms with Crippen molar-refractivity contribution in [2.45, 2.75) is 19.3 Å². The molecule has 1 heterocycles. The van der Waals surface area contributed by atoms with Crippen molar-refractivity contribution in [3.8, 4) is 5.69 Å². The van der Waals surface area contributed by atoms with Gasteiger partial charge in [0.1, 0.15) is 0 Å². The van der Waals surface area contributed by atoms with Gasteiger partial charge < -0.3 is 5.32 Å². The van der Waals surface area contributed by atoms with Gasteiger partial charge in [0.25, 0.3) is 0 Å². The fourth-order valence-corrected chi connectivity index (χ4v) is 2.11. The molecule has 0 radical (unpaired) electrons. The minimum atomic E-state index is 0.846. The normalized spacial score (nSPS) is 15.5. The number of nitrogens with zero attached hydrogens (tertiary/aromatic N) is 3. The van der Waals surface area contributed by atoms with Crippen LogP contribution in [-0.2, 0) is 0 Å². The molecule has 88 valence electrons. The van der Waals surface area contributed by atoms with Crippen molar-refractivity contribution >= 4 is 5.69 Å². The van der Waals surface area contributed by atoms with E-state index in [9.17, 15) is 0 Å². The predicted octanol–water partition coefficient (Wildman–Crippen LogP) is 2.48. The zero-order chi connectivity index (χ0) is 11.5. The van der Waals surface area contributed by atoms with E-state index in [1.54, 1.807) is 10.9 Å². The van der Waals surface area contributed by atoms with Gasteiger partial charge in [0.15, 0.2) is 0 Å². The second-order valence-electron chi connectivity index (χ2n) is 4.54. The van der Waals surface area contributed by atoms with Crippen molar-refractivity contribution in [1.82, 2.24) is 15.0 Å². The maximum atomic E-state index is 4.04. The minimum absolute atomic E-state index is 0.846. The number of anilines is 1. The molecule has 1 saturated carbocycles. The van der Waals surface area contributed by atoms with Crippen LogP contribution in [0.5, 0.6) is 0 Å². The van der Waals surface area contributed by atoms with E-state index in [4.69, 9.17) is 0 Å². The van der Waals surface area contributed by atoms with Gasteiger partial charge in [-0.1, -0.05) is 23.8 Å². The van der Waals surface area contributed by atoms with E-state index in [0.29, 0.717) is 0 Å². The van der Waals surface area contributed by atoms with E-state index in [1.165, 1.54) is 19.3 Å². The lowest BCUT2D eigenvalue weighted by Crippen LogP contribution is -2.21. The topological polar surface area (TPSA) is 42.7 Å². The Bertz CT molecular complexity index is 474. The molecule has 0 amide bonds. The van der Waals surface area contributed by atoms with E-state index in [0.717, 1.165) is 23.8 Å². The van der Waals surface area contributed by atoms with Gasteiger partial charge in [0, 0.05) is 6.54 Å². The van der Waals surface area contributed by atoms with Gasteiger partial charge >= 0.3 is 0 Å². The van der Waals surface area contributed by atoms with Crippen molar-refractivity contribution in [3.05, 3.63) is 36.7 Å². The second kappa shape index (κ2) is 4.57. The summed E-state index contributed by atoms with van der Waals surface area (Å²) in [6.45, 7) is 1.06. The van der Waals surface area contributed by atoms with E-state index in [-0.39, 0.29) is 0 Å². The van der Waals surface area contributed by atoms with Crippen molar-refractivity contribution in [2.75, 3.05) is 11.9 Å². The van der Waals surface area contributed by atoms with E-state index >= 15 is 0 Å². The average Bonchev–Trinajstić information content (AvgIpc) is 2.81. The van der Waals surface area contributed by atoms with Crippen LogP contribution in [0, 0.1) is 5.92 Å². The highest BCUT2D eigenvalue weighted by Gasteiger charge is 2.17. The predicted molar refractivity (Wildman–Crippen MR) is 67.2 cm³/mol. The van der Waals surface area contributed by atoms with Gasteiger partial charge in [-0.3, -0.25) is 0 Å². The van der Waals surface area contributed by atoms with Crippen LogP contribution in [0.2, 0.25) is 0 Å². The summed E-state index contributed by atoms with van der Waals surface area (Å²) in [5.74, 6) is 0.846. The summed E-state index contributed by atoms with van der Waals surface area (Å²) in [7, 11) is 0. The van der Waals surface area contributed by atoms with Crippen LogP contribution in [0.15, 0.2) is 36.7 Å². The molecule has 0 saturated heterocycles. The standard InChI is InChI=1S/C13H16N4/c1-2-7-13(17-9-8-15-16-17)12(6-1)14-10-11-4-3-5-11/h1-2,6-9,11,14H,3-5,10H2. The van der Waals surface area contributed by atoms with Crippen LogP contribution in [0.1, 0.15) is 19.3 Å². The first kappa shape index (κ1) is 10.3. The van der Waals surface area contributed by atoms with Crippen LogP contribution in [0.3, 0.4) is 0 Å². The Kier molecular flexibility index (Phi) is 2.78. The first-order valence-corrected chi connectivity index (χ1v) is 6.13. The number of rotatable bonds is 4. The molecule has 3 rings (SSSR count). The molecule has 1 aliphatic carbocycles. The Balaban J connectivity index is 1.78. The first-order valence-electron chi connectivity index (χ1n) is 6.13. The van der Waals surface area contributed by atoms with Crippen LogP contribution < -0.4 is 5.32 Å². The number of hydrogen-bond acceptors (Lipinski definition) is 3. The Morgan fingerprint density at radius 1 is 1.29 bits per heavy atom. The quantitative estimate of drug-likeness (QED) is 0.874. The number of benzene rings is 1. The van der Waals surface area contributed by atoms with E-state index in [1.807, 2.05) is 18.3 Å². The molecular formula is C13H16N4. The second-order valence-corrected chi connectivity index (χ2v) is 4.54. The highest BCUT2D eigenvalue weighted by molar-refractivity contribution is 5.60. The van der Waals surface area contributed by atoms with Gasteiger partial charge in [0.05, 0.1) is 23.8 Å². The van der Waals surface area contributed by atoms with Gasteiger partial charge in [-0.2, -0.15) is 0 Å². The van der Waals surface area contributed by atoms with Crippen LogP contribution in [-0.4, -0.2) is 21.5 Å². The number of hydrogen-bond donors (Lipinski definition) is 1. The zero-order valence-corrected chi connectivity index (χ0v) is 9.71. The minimum Gasteiger partial charge on any atom is -0.383 e. The largest absolute Gasteiger partial charge is 0.383 e. The van der Waals surface area contributed by atoms with Gasteiger partial charge in [0.2, 0.25) is 0 Å². The SMILES string of the molecule is c1ccc(-n2ccnn2)c(NCC2CCC2)c1. The number of para-hydroxylation sites is 2. The van der Waals surface area contributed by atoms with Crippen molar-refractivity contribution in [1.29, 1.82) is 0 Å². The lowest BCUT2D eigenvalue weighted by atomic mass is 9.85. The third kappa shape index (κ3) is 2.16. The molecule has 0 spiro atoms. The van der Waals surface area contributed by atoms with Crippen LogP contribution >= 0.6 is 0 Å². The molecule has 4 nitrogen and oxygen atoms in total. The molecule has 0 aliphatic heterocycles. The lowest BCUT2D eigenvalue weighted by molar-refractivity contribution is 0.333. The maximum absolute atomic E-state index is 4.04. The lowest BCUT2D eigenvalue weighted by Gasteiger charge is -2.26. The molecule has 1 aliphatic rings. The van der Waals surface area contributed by atoms with Crippen LogP contribution in [0.25, 0.3) is 5.69 Å². The summed E-state index contributed by atoms with van der Waals surface area (Å²) in [5, 5.41) is 11.4. The maximum Gasteiger partial charge on any atom is 0.0894 e. The molecule has 1 aromatic heterocycles. The Morgan fingerprint density at radius 3 is 2.88 bits per heavy atom. The third-order valence-corrected chi connectivity index (χ3v) is 3.38. The van der Waals surface area contributed by atoms with Crippen molar-refractivity contribution in [2.24, 2.45) is 5.92 Å². The molecule has 2 aromatic rings. The zero-order valence-electron chi connectivity index (χ0n) is 9.71. The molecule has 1 aromatic carbocycles. The van der Waals surface area contributed by atoms with Crippen molar-refractivity contribution in [3.63, 3.8) is 0 Å². The van der Waals surface area contributed by atoms with Gasteiger partial charge in [-0.25, -0.2) is 4.68 Å². The van der Waals surface area contributed by atoms with E-state index in [2.05, 4.69) is 27.8 Å². The average molecular weight is 228 g/mol. The van der Waals surface area contributed by atoms with Gasteiger partial charge in [-0.05, 0) is 30.9 Å². The molecular weight excluding hydrogens is 212 g/mol. The summed E-state index contributed by atoms with van der Waals surface area (Å²) < 4.78 is 1.79. The summed E-state index contributed by atoms with van der Waals surface area (Å²) in [6, 6.07) is 8.21. The smallest absolute Gasteiger partial charge is 0.0894 e. The molecule has 0 bridgehead atoms. The number of aromatic nitrogens is 3. The summed E-state index contributed by atoms with van der Waals surface area (Å²) in [4.78, 5) is 0. The third-order valence-electron chi connectivity index (χ3n) is 3.38. The molecule has 4 heteroatoms. The fraction of sp³-hybridized carbons (Fsp3) is 0.385. The van der Waals surface area contributed by atoms with Crippen molar-refractivity contribution < 1.29 is 0 Å². The highest BCUT2D eigenvalue weighted by Crippen LogP contribution is 2.27. The monoisotopic (exact) mass is 228 g/mol. The molecule has 0 atom stereocenters. The Morgan fingerprint density at radius 2 is 2.18 bits per heavy atom. The molecule has 0 unspecified atom stereocenters. The van der Waals surface area contributed by atoms with Crippen LogP contribution in [0.4, 0.5) is 5.69 Å². The summed E-state index contributed by atoms with van der Waals surface area (Å²) in [6.07, 6.45) is 7.67. The summed E-state index contributed by atoms with van der Waals surface area (Å²) in [5.41, 5.74) is 2.19. The first-order chi connectivity index (χ1) is 8.43. The highest BCUT2D eigenvalue weighted by atomic mass is 15.4. The molecule has 1 N–H and O–H groups in total. The Labute approximate surface area is 101 Å². The number of nitrogens with one attached hydrogen (secondary N) is 1. The molecule has 1 fully saturated rings. The molecule has 17 heavy (non-hydrogen) atoms. The Hall–Kier alpha value is -1.84. The van der Waals surface area contributed by atoms with E-state index < -0.39 is 0 Å². The van der Waals surface area contributed by atoms with Gasteiger partial charge in [-0.15, -0.1) is 5.10 Å².